The van der Waals surface area contributed by atoms with E-state index in [9.17, 15) is 0 Å². The van der Waals surface area contributed by atoms with Crippen LogP contribution in [0.5, 0.6) is 0 Å². The first kappa shape index (κ1) is 32.7. The molecule has 0 atom stereocenters. The van der Waals surface area contributed by atoms with E-state index >= 15 is 0 Å². The Kier molecular flexibility index (Phi) is 16.0. The highest BCUT2D eigenvalue weighted by atomic mass is 33.1. The highest BCUT2D eigenvalue weighted by Gasteiger charge is 2.04. The van der Waals surface area contributed by atoms with Crippen molar-refractivity contribution in [3.8, 4) is 0 Å². The number of hydrogen-bond donors (Lipinski definition) is 1. The molecule has 0 fully saturated rings. The molecule has 0 spiro atoms. The Morgan fingerprint density at radius 1 is 0.800 bits per heavy atom. The number of allylic oxidation sites excluding steroid dienone is 7. The molecule has 0 aliphatic carbocycles. The molecule has 2 aromatic carbocycles. The van der Waals surface area contributed by atoms with E-state index in [2.05, 4.69) is 109 Å². The average molecular weight is 573 g/mol. The standard InChI is InChI=1S/C34H43N4S2/c1-7-25-36(4)30(2)14-15-32-18-22-34(23-19-32)38(6)27-29-40-39-28-26-37(5)33-20-16-31(17-21-33)13-11-9-8-10-12-24-35-3/h7-25H,1-2,26-29H2,3-6H3/q+1/p+1/b9-8+,12-10-,13-11+,15-14+,35-24?,36-25?. The largest absolute Gasteiger partial charge is 0.374 e. The Bertz CT molecular complexity index is 1220. The molecule has 0 saturated carbocycles. The third-order valence-corrected chi connectivity index (χ3v) is 8.38. The lowest BCUT2D eigenvalue weighted by atomic mass is 10.1. The summed E-state index contributed by atoms with van der Waals surface area (Å²) in [5.74, 6) is 2.17. The predicted molar refractivity (Wildman–Crippen MR) is 185 cm³/mol. The van der Waals surface area contributed by atoms with Crippen molar-refractivity contribution in [1.29, 1.82) is 0 Å². The molecule has 0 aliphatic rings. The molecule has 210 valence electrons. The first-order valence-corrected chi connectivity index (χ1v) is 15.9. The first-order chi connectivity index (χ1) is 19.4. The van der Waals surface area contributed by atoms with Crippen LogP contribution in [0.15, 0.2) is 110 Å². The molecule has 4 nitrogen and oxygen atoms in total. The topological polar surface area (TPSA) is 23.5 Å². The van der Waals surface area contributed by atoms with Crippen LogP contribution in [0.2, 0.25) is 0 Å². The van der Waals surface area contributed by atoms with Gasteiger partial charge in [0, 0.05) is 62.2 Å². The zero-order chi connectivity index (χ0) is 29.0. The summed E-state index contributed by atoms with van der Waals surface area (Å²) in [6, 6.07) is 17.4. The Hall–Kier alpha value is -3.48. The van der Waals surface area contributed by atoms with Gasteiger partial charge < -0.3 is 9.80 Å². The van der Waals surface area contributed by atoms with E-state index in [0.29, 0.717) is 0 Å². The van der Waals surface area contributed by atoms with Crippen LogP contribution in [0.1, 0.15) is 11.1 Å². The van der Waals surface area contributed by atoms with E-state index in [-0.39, 0.29) is 0 Å². The molecular weight excluding hydrogens is 529 g/mol. The van der Waals surface area contributed by atoms with Crippen LogP contribution < -0.4 is 14.8 Å². The maximum absolute atomic E-state index is 4.07. The number of nitrogens with one attached hydrogen (secondary N) is 1. The van der Waals surface area contributed by atoms with Crippen molar-refractivity contribution >= 4 is 57.5 Å². The Labute approximate surface area is 250 Å². The fraction of sp³-hybridized carbons (Fsp3) is 0.235. The molecule has 2 aromatic rings. The molecule has 0 aliphatic heterocycles. The lowest BCUT2D eigenvalue weighted by Gasteiger charge is -2.20. The molecule has 0 radical (unpaired) electrons. The van der Waals surface area contributed by atoms with Gasteiger partial charge in [0.05, 0.1) is 0 Å². The van der Waals surface area contributed by atoms with Gasteiger partial charge in [-0.3, -0.25) is 4.99 Å². The monoisotopic (exact) mass is 572 g/mol. The lowest BCUT2D eigenvalue weighted by Crippen LogP contribution is -2.62. The lowest BCUT2D eigenvalue weighted by molar-refractivity contribution is -0.431. The van der Waals surface area contributed by atoms with Crippen molar-refractivity contribution in [2.24, 2.45) is 0 Å². The van der Waals surface area contributed by atoms with Gasteiger partial charge in [0.25, 0.3) is 0 Å². The Morgan fingerprint density at radius 3 is 1.82 bits per heavy atom. The smallest absolute Gasteiger partial charge is 0.197 e. The zero-order valence-electron chi connectivity index (χ0n) is 24.4. The van der Waals surface area contributed by atoms with Crippen LogP contribution in [-0.2, 0) is 0 Å². The number of benzene rings is 2. The van der Waals surface area contributed by atoms with Crippen LogP contribution in [0.3, 0.4) is 0 Å². The molecular formula is C34H44N4S2+2. The summed E-state index contributed by atoms with van der Waals surface area (Å²) in [5.41, 5.74) is 5.75. The van der Waals surface area contributed by atoms with Crippen molar-refractivity contribution < 1.29 is 9.57 Å². The van der Waals surface area contributed by atoms with Gasteiger partial charge in [0.2, 0.25) is 0 Å². The minimum Gasteiger partial charge on any atom is -0.374 e. The maximum atomic E-state index is 4.07. The predicted octanol–water partition coefficient (Wildman–Crippen LogP) is 5.97. The minimum absolute atomic E-state index is 0.917. The summed E-state index contributed by atoms with van der Waals surface area (Å²) in [6.45, 7) is 9.82. The summed E-state index contributed by atoms with van der Waals surface area (Å²) >= 11 is 0. The van der Waals surface area contributed by atoms with Crippen LogP contribution >= 0.6 is 21.6 Å². The SMILES string of the molecule is C=CC=[N+](C)C(=C)/C=C/c1ccc(N(C)CCSSCCN(C)c2ccc(/C=C/C=C/C=C\C=[NH+]C)cc2)cc1. The summed E-state index contributed by atoms with van der Waals surface area (Å²) in [7, 11) is 12.0. The van der Waals surface area contributed by atoms with Crippen molar-refractivity contribution in [2.75, 3.05) is 62.6 Å². The van der Waals surface area contributed by atoms with Gasteiger partial charge in [-0.05, 0) is 54.1 Å². The van der Waals surface area contributed by atoms with Gasteiger partial charge in [0.1, 0.15) is 14.1 Å². The van der Waals surface area contributed by atoms with Gasteiger partial charge in [-0.25, -0.2) is 4.58 Å². The average Bonchev–Trinajstić information content (AvgIpc) is 2.97. The molecule has 0 saturated heterocycles. The zero-order valence-corrected chi connectivity index (χ0v) is 26.0. The first-order valence-electron chi connectivity index (χ1n) is 13.4. The van der Waals surface area contributed by atoms with E-state index in [1.807, 2.05) is 83.1 Å². The van der Waals surface area contributed by atoms with Crippen LogP contribution in [0.25, 0.3) is 12.2 Å². The molecule has 6 heteroatoms. The summed E-state index contributed by atoms with van der Waals surface area (Å²) < 4.78 is 1.95. The van der Waals surface area contributed by atoms with Gasteiger partial charge >= 0.3 is 0 Å². The van der Waals surface area contributed by atoms with Gasteiger partial charge in [-0.15, -0.1) is 0 Å². The molecule has 0 bridgehead atoms. The quantitative estimate of drug-likeness (QED) is 0.0829. The normalized spacial score (nSPS) is 12.4. The molecule has 0 aromatic heterocycles. The second-order valence-electron chi connectivity index (χ2n) is 9.07. The maximum Gasteiger partial charge on any atom is 0.197 e. The third kappa shape index (κ3) is 13.0. The third-order valence-electron chi connectivity index (χ3n) is 6.02. The van der Waals surface area contributed by atoms with Crippen molar-refractivity contribution in [3.63, 3.8) is 0 Å². The van der Waals surface area contributed by atoms with Crippen LogP contribution in [-0.4, -0.2) is 69.8 Å². The van der Waals surface area contributed by atoms with E-state index < -0.39 is 0 Å². The highest BCUT2D eigenvalue weighted by Crippen LogP contribution is 2.23. The van der Waals surface area contributed by atoms with Gasteiger partial charge in [-0.1, -0.05) is 82.8 Å². The second-order valence-corrected chi connectivity index (χ2v) is 11.8. The van der Waals surface area contributed by atoms with E-state index in [1.165, 1.54) is 16.9 Å². The highest BCUT2D eigenvalue weighted by molar-refractivity contribution is 8.76. The van der Waals surface area contributed by atoms with Crippen molar-refractivity contribution in [2.45, 2.75) is 0 Å². The molecule has 0 amide bonds. The number of rotatable bonds is 17. The minimum atomic E-state index is 0.917. The number of nitrogens with zero attached hydrogens (tertiary/aromatic N) is 3. The number of likely N-dealkylation sites (N-methyl/N-ethyl adjacent to an activating group) is 1. The Balaban J connectivity index is 1.66. The van der Waals surface area contributed by atoms with Crippen molar-refractivity contribution in [1.82, 2.24) is 0 Å². The van der Waals surface area contributed by atoms with Crippen LogP contribution in [0, 0.1) is 0 Å². The second kappa shape index (κ2) is 19.6. The molecule has 40 heavy (non-hydrogen) atoms. The Morgan fingerprint density at radius 2 is 1.30 bits per heavy atom. The van der Waals surface area contributed by atoms with Gasteiger partial charge in [0.15, 0.2) is 18.1 Å². The van der Waals surface area contributed by atoms with Crippen LogP contribution in [0.4, 0.5) is 11.4 Å². The van der Waals surface area contributed by atoms with E-state index in [4.69, 9.17) is 0 Å². The fourth-order valence-corrected chi connectivity index (χ4v) is 5.57. The fourth-order valence-electron chi connectivity index (χ4n) is 3.48. The molecule has 2 rings (SSSR count). The number of anilines is 2. The summed E-state index contributed by atoms with van der Waals surface area (Å²) in [4.78, 5) is 7.59. The molecule has 1 N–H and O–H groups in total. The van der Waals surface area contributed by atoms with Crippen molar-refractivity contribution in [3.05, 3.63) is 121 Å². The van der Waals surface area contributed by atoms with Gasteiger partial charge in [-0.2, -0.15) is 0 Å². The van der Waals surface area contributed by atoms with E-state index in [0.717, 1.165) is 35.9 Å². The molecule has 0 heterocycles. The summed E-state index contributed by atoms with van der Waals surface area (Å²) in [5, 5.41) is 0. The molecule has 0 unspecified atom stereocenters. The summed E-state index contributed by atoms with van der Waals surface area (Å²) in [6.07, 6.45) is 21.8. The number of hydrogen-bond acceptors (Lipinski definition) is 4. The van der Waals surface area contributed by atoms with E-state index in [1.54, 1.807) is 6.08 Å².